The van der Waals surface area contributed by atoms with Gasteiger partial charge in [-0.2, -0.15) is 0 Å². The highest BCUT2D eigenvalue weighted by Crippen LogP contribution is 2.52. The van der Waals surface area contributed by atoms with Crippen LogP contribution < -0.4 is 9.80 Å². The number of hydrogen-bond donors (Lipinski definition) is 0. The maximum atomic E-state index is 7.22. The van der Waals surface area contributed by atoms with Crippen LogP contribution >= 0.6 is 0 Å². The molecule has 0 amide bonds. The molecule has 12 aromatic carbocycles. The Morgan fingerprint density at radius 2 is 0.635 bits per heavy atom. The van der Waals surface area contributed by atoms with Crippen LogP contribution in [0.15, 0.2) is 215 Å². The lowest BCUT2D eigenvalue weighted by Crippen LogP contribution is -2.13. The number of hydrogen-bond acceptors (Lipinski definition) is 4. The first-order valence-electron chi connectivity index (χ1n) is 25.7. The summed E-state index contributed by atoms with van der Waals surface area (Å²) < 4.78 is 14.4. The Balaban J connectivity index is 1.02. The number of rotatable bonds is 8. The number of benzene rings is 12. The zero-order chi connectivity index (χ0) is 49.9. The molecule has 354 valence electrons. The van der Waals surface area contributed by atoms with E-state index < -0.39 is 0 Å². The van der Waals surface area contributed by atoms with Gasteiger partial charge < -0.3 is 18.6 Å². The number of furan rings is 2. The minimum absolute atomic E-state index is 0.854. The fourth-order valence-electron chi connectivity index (χ4n) is 12.0. The highest BCUT2D eigenvalue weighted by Gasteiger charge is 2.28. The van der Waals surface area contributed by atoms with Crippen LogP contribution in [-0.2, 0) is 0 Å². The van der Waals surface area contributed by atoms with Crippen molar-refractivity contribution in [3.8, 4) is 22.3 Å². The number of aryl methyl sites for hydroxylation is 6. The molecule has 14 rings (SSSR count). The summed E-state index contributed by atoms with van der Waals surface area (Å²) in [6.45, 7) is 13.1. The second kappa shape index (κ2) is 16.7. The van der Waals surface area contributed by atoms with E-state index in [-0.39, 0.29) is 0 Å². The van der Waals surface area contributed by atoms with Gasteiger partial charge in [-0.1, -0.05) is 170 Å². The van der Waals surface area contributed by atoms with Crippen LogP contribution in [0.1, 0.15) is 33.4 Å². The quantitative estimate of drug-likeness (QED) is 0.142. The summed E-state index contributed by atoms with van der Waals surface area (Å²) in [5, 5.41) is 11.5. The number of nitrogens with zero attached hydrogens (tertiary/aromatic N) is 2. The van der Waals surface area contributed by atoms with Gasteiger partial charge in [-0.25, -0.2) is 0 Å². The Labute approximate surface area is 430 Å². The predicted octanol–water partition coefficient (Wildman–Crippen LogP) is 20.5. The van der Waals surface area contributed by atoms with Gasteiger partial charge in [-0.15, -0.1) is 0 Å². The molecule has 0 radical (unpaired) electrons. The lowest BCUT2D eigenvalue weighted by atomic mass is 9.91. The molecular weight excluding hydrogens is 901 g/mol. The van der Waals surface area contributed by atoms with Gasteiger partial charge in [-0.05, 0) is 144 Å². The van der Waals surface area contributed by atoms with E-state index in [0.29, 0.717) is 0 Å². The SMILES string of the molecule is Cc1ccc(C)c(N(c2ccc3ccc4c(N(c5cc(C)ccc5C)c5cccc6c5oc5c(-c7ccccc7C)cccc56)ccc5ccc2c3c54)c2cccc3c2oc2c(-c4ccccc4C)cccc23)c1. The Hall–Kier alpha value is -9.12. The van der Waals surface area contributed by atoms with Crippen LogP contribution in [-0.4, -0.2) is 0 Å². The molecule has 0 fully saturated rings. The number of fused-ring (bicyclic) bond motifs is 6. The molecule has 0 aliphatic carbocycles. The van der Waals surface area contributed by atoms with Gasteiger partial charge in [0.05, 0.1) is 22.7 Å². The Morgan fingerprint density at radius 3 is 1.07 bits per heavy atom. The van der Waals surface area contributed by atoms with Crippen molar-refractivity contribution in [1.29, 1.82) is 0 Å². The summed E-state index contributed by atoms with van der Waals surface area (Å²) in [7, 11) is 0. The highest BCUT2D eigenvalue weighted by molar-refractivity contribution is 6.29. The molecule has 4 nitrogen and oxygen atoms in total. The molecule has 0 aliphatic rings. The van der Waals surface area contributed by atoms with Crippen molar-refractivity contribution < 1.29 is 8.83 Å². The Bertz CT molecular complexity index is 4300. The van der Waals surface area contributed by atoms with Crippen molar-refractivity contribution >= 4 is 110 Å². The molecule has 4 heteroatoms. The van der Waals surface area contributed by atoms with Crippen molar-refractivity contribution in [2.75, 3.05) is 9.80 Å². The molecule has 0 aliphatic heterocycles. The standard InChI is InChI=1S/C70H52N2O2/c1-41-27-29-45(5)63(39-41)71(61-25-13-23-55-53-21-11-19-51(67(53)73-69(55)61)49-17-9-7-15-43(49)3)59-37-33-47-32-36-58-60(38-34-48-31-35-57(59)65(47)66(48)58)72(64-40-42(2)28-30-46(64)6)62-26-14-24-56-54-22-12-20-52(68(54)74-70(56)62)50-18-10-8-16-44(50)4/h7-40H,1-6H3. The zero-order valence-corrected chi connectivity index (χ0v) is 42.3. The maximum absolute atomic E-state index is 7.22. The summed E-state index contributed by atoms with van der Waals surface area (Å²) in [6.07, 6.45) is 0. The third-order valence-electron chi connectivity index (χ3n) is 15.7. The van der Waals surface area contributed by atoms with Gasteiger partial charge in [-0.3, -0.25) is 0 Å². The number of para-hydroxylation sites is 4. The predicted molar refractivity (Wildman–Crippen MR) is 313 cm³/mol. The van der Waals surface area contributed by atoms with Crippen LogP contribution in [0.25, 0.3) is 98.4 Å². The van der Waals surface area contributed by atoms with E-state index in [4.69, 9.17) is 8.83 Å². The van der Waals surface area contributed by atoms with Crippen LogP contribution in [0.5, 0.6) is 0 Å². The third kappa shape index (κ3) is 6.61. The summed E-state index contributed by atoms with van der Waals surface area (Å²) in [6, 6.07) is 75.5. The van der Waals surface area contributed by atoms with E-state index in [1.54, 1.807) is 0 Å². The maximum Gasteiger partial charge on any atom is 0.159 e. The van der Waals surface area contributed by atoms with Gasteiger partial charge in [0.2, 0.25) is 0 Å². The molecule has 2 aromatic heterocycles. The second-order valence-corrected chi connectivity index (χ2v) is 20.3. The molecule has 0 bridgehead atoms. The van der Waals surface area contributed by atoms with E-state index in [1.807, 2.05) is 0 Å². The topological polar surface area (TPSA) is 32.8 Å². The van der Waals surface area contributed by atoms with Crippen LogP contribution in [0.3, 0.4) is 0 Å². The van der Waals surface area contributed by atoms with E-state index in [2.05, 4.69) is 258 Å². The fourth-order valence-corrected chi connectivity index (χ4v) is 12.0. The van der Waals surface area contributed by atoms with E-state index in [0.717, 1.165) is 99.9 Å². The molecule has 2 heterocycles. The average molecular weight is 953 g/mol. The van der Waals surface area contributed by atoms with E-state index >= 15 is 0 Å². The first-order chi connectivity index (χ1) is 36.2. The van der Waals surface area contributed by atoms with Gasteiger partial charge in [0, 0.05) is 54.8 Å². The summed E-state index contributed by atoms with van der Waals surface area (Å²) in [5.41, 5.74) is 21.6. The van der Waals surface area contributed by atoms with Crippen LogP contribution in [0.4, 0.5) is 34.1 Å². The summed E-state index contributed by atoms with van der Waals surface area (Å²) in [5.74, 6) is 0. The molecule has 0 unspecified atom stereocenters. The zero-order valence-electron chi connectivity index (χ0n) is 42.3. The molecule has 0 saturated heterocycles. The Kier molecular flexibility index (Phi) is 9.87. The normalized spacial score (nSPS) is 11.9. The monoisotopic (exact) mass is 952 g/mol. The molecule has 0 atom stereocenters. The van der Waals surface area contributed by atoms with Crippen LogP contribution in [0.2, 0.25) is 0 Å². The van der Waals surface area contributed by atoms with Gasteiger partial charge in [0.1, 0.15) is 11.2 Å². The second-order valence-electron chi connectivity index (χ2n) is 20.3. The molecular formula is C70H52N2O2. The number of anilines is 6. The van der Waals surface area contributed by atoms with Crippen LogP contribution in [0, 0.1) is 41.5 Å². The molecule has 0 saturated carbocycles. The highest BCUT2D eigenvalue weighted by atomic mass is 16.3. The minimum Gasteiger partial charge on any atom is -0.453 e. The van der Waals surface area contributed by atoms with Crippen molar-refractivity contribution in [3.05, 3.63) is 240 Å². The third-order valence-corrected chi connectivity index (χ3v) is 15.7. The van der Waals surface area contributed by atoms with Gasteiger partial charge in [0.15, 0.2) is 11.2 Å². The van der Waals surface area contributed by atoms with Crippen molar-refractivity contribution in [2.45, 2.75) is 41.5 Å². The fraction of sp³-hybridized carbons (Fsp3) is 0.0857. The lowest BCUT2D eigenvalue weighted by Gasteiger charge is -2.30. The van der Waals surface area contributed by atoms with Gasteiger partial charge in [0.25, 0.3) is 0 Å². The lowest BCUT2D eigenvalue weighted by molar-refractivity contribution is 0.670. The minimum atomic E-state index is 0.854. The first-order valence-corrected chi connectivity index (χ1v) is 25.7. The van der Waals surface area contributed by atoms with Crippen molar-refractivity contribution in [3.63, 3.8) is 0 Å². The van der Waals surface area contributed by atoms with Crippen molar-refractivity contribution in [2.24, 2.45) is 0 Å². The van der Waals surface area contributed by atoms with Gasteiger partial charge >= 0.3 is 0 Å². The first kappa shape index (κ1) is 43.7. The Morgan fingerprint density at radius 1 is 0.257 bits per heavy atom. The molecule has 0 spiro atoms. The molecule has 0 N–H and O–H groups in total. The summed E-state index contributed by atoms with van der Waals surface area (Å²) >= 11 is 0. The van der Waals surface area contributed by atoms with Crippen molar-refractivity contribution in [1.82, 2.24) is 0 Å². The molecule has 74 heavy (non-hydrogen) atoms. The summed E-state index contributed by atoms with van der Waals surface area (Å²) in [4.78, 5) is 4.90. The largest absolute Gasteiger partial charge is 0.453 e. The smallest absolute Gasteiger partial charge is 0.159 e. The van der Waals surface area contributed by atoms with E-state index in [1.165, 1.54) is 66.1 Å². The van der Waals surface area contributed by atoms with E-state index in [9.17, 15) is 0 Å². The molecule has 14 aromatic rings. The average Bonchev–Trinajstić information content (AvgIpc) is 4.01.